The molecule has 0 amide bonds. The van der Waals surface area contributed by atoms with Crippen LogP contribution in [0.3, 0.4) is 0 Å². The molecule has 1 unspecified atom stereocenters. The van der Waals surface area contributed by atoms with E-state index in [0.717, 1.165) is 72.7 Å². The highest BCUT2D eigenvalue weighted by atomic mass is 31.0. The molecule has 0 aliphatic heterocycles. The number of nitro benzene ring substituents is 1. The molecule has 0 bridgehead atoms. The highest BCUT2D eigenvalue weighted by molar-refractivity contribution is 6.92. The number of hydrogen-bond donors (Lipinski definition) is 0. The zero-order chi connectivity index (χ0) is 45.0. The van der Waals surface area contributed by atoms with Gasteiger partial charge in [0.25, 0.3) is 5.69 Å². The lowest BCUT2D eigenvalue weighted by molar-refractivity contribution is -0.384. The van der Waals surface area contributed by atoms with Crippen LogP contribution in [0.2, 0.25) is 0 Å². The maximum absolute atomic E-state index is 11.6. The van der Waals surface area contributed by atoms with Crippen molar-refractivity contribution in [3.63, 3.8) is 0 Å². The van der Waals surface area contributed by atoms with Crippen LogP contribution in [-0.4, -0.2) is 14.1 Å². The van der Waals surface area contributed by atoms with Crippen molar-refractivity contribution in [2.75, 3.05) is 0 Å². The van der Waals surface area contributed by atoms with Gasteiger partial charge in [-0.05, 0) is 107 Å². The molecule has 4 heterocycles. The normalized spacial score (nSPS) is 11.8. The summed E-state index contributed by atoms with van der Waals surface area (Å²) in [5, 5.41) is 20.6. The first-order chi connectivity index (χ1) is 33.6. The van der Waals surface area contributed by atoms with Gasteiger partial charge in [-0.2, -0.15) is 9.90 Å². The molecule has 1 aliphatic rings. The maximum Gasteiger partial charge on any atom is 0.277 e. The van der Waals surface area contributed by atoms with Gasteiger partial charge in [0.2, 0.25) is 0 Å². The van der Waals surface area contributed by atoms with Crippen LogP contribution in [0.25, 0.3) is 121 Å². The van der Waals surface area contributed by atoms with Crippen molar-refractivity contribution < 1.29 is 13.8 Å². The second-order valence-electron chi connectivity index (χ2n) is 17.5. The lowest BCUT2D eigenvalue weighted by Gasteiger charge is -2.07. The Morgan fingerprint density at radius 1 is 0.429 bits per heavy atom. The van der Waals surface area contributed by atoms with Crippen LogP contribution in [-0.2, 0) is 6.42 Å². The number of benzene rings is 10. The Morgan fingerprint density at radius 2 is 0.929 bits per heavy atom. The summed E-state index contributed by atoms with van der Waals surface area (Å²) in [5.41, 5.74) is 17.1. The van der Waals surface area contributed by atoms with E-state index in [1.807, 2.05) is 48.5 Å². The van der Waals surface area contributed by atoms with Gasteiger partial charge in [-0.3, -0.25) is 10.1 Å². The number of nitrogens with zero attached hydrogens (tertiary/aromatic N) is 3. The van der Waals surface area contributed by atoms with Crippen molar-refractivity contribution in [1.29, 1.82) is 0 Å². The summed E-state index contributed by atoms with van der Waals surface area (Å²) in [6, 6.07) is 72.5. The molecule has 7 nitrogen and oxygen atoms in total. The van der Waals surface area contributed by atoms with E-state index in [2.05, 4.69) is 155 Å². The Morgan fingerprint density at radius 3 is 1.57 bits per heavy atom. The first-order valence-corrected chi connectivity index (χ1v) is 22.8. The molecule has 4 aromatic heterocycles. The first-order valence-electron chi connectivity index (χ1n) is 22.8. The quantitative estimate of drug-likeness (QED) is 0.100. The van der Waals surface area contributed by atoms with Crippen LogP contribution in [0.4, 0.5) is 5.69 Å². The second kappa shape index (κ2) is 16.5. The standard InChI is InChI=1S/C31H19NO.C30H18N2O3.CH4.H3P/c1-2-9-20(10-3-1)32-27-13-7-6-12-25(27)29-28(32)17-16-24-23-15-14-22-21-11-5-4-8-19(21)18-26(22)30(23)33-31(24)29;33-32(34)26-13-7-4-10-21(26)19-14-15-22-23-16-17-27-29(30(23)35-28(22)18-19)24-11-5-6-12-25(24)31(27)20-8-2-1-3-9-20;;/h1-17H,18H2;1-18H;1H4;1H3. The third-order valence-corrected chi connectivity index (χ3v) is 13.9. The van der Waals surface area contributed by atoms with Crippen molar-refractivity contribution in [3.05, 3.63) is 234 Å². The van der Waals surface area contributed by atoms with Crippen LogP contribution >= 0.6 is 9.90 Å². The Kier molecular flexibility index (Phi) is 10.0. The summed E-state index contributed by atoms with van der Waals surface area (Å²) in [5.74, 6) is 0. The van der Waals surface area contributed by atoms with E-state index < -0.39 is 0 Å². The SMILES string of the molecule is C.O=[N+]([O-])c1ccccc1-c1ccc2c(c1)oc1c2ccc2c1c1ccccc1n2-c1ccccc1.P.c1ccc(-n2c3ccccc3c3c4oc5c6c(ccc5c4ccc32)-c2ccccc2C6)cc1. The van der Waals surface area contributed by atoms with E-state index in [4.69, 9.17) is 8.83 Å². The molecule has 1 aliphatic carbocycles. The van der Waals surface area contributed by atoms with E-state index in [1.54, 1.807) is 12.1 Å². The molecule has 0 fully saturated rings. The predicted molar refractivity (Wildman–Crippen MR) is 294 cm³/mol. The van der Waals surface area contributed by atoms with E-state index in [0.29, 0.717) is 11.1 Å². The van der Waals surface area contributed by atoms with Gasteiger partial charge in [-0.15, -0.1) is 0 Å². The molecular formula is C62H44N3O4P. The number of nitro groups is 1. The lowest BCUT2D eigenvalue weighted by atomic mass is 10.0. The summed E-state index contributed by atoms with van der Waals surface area (Å²) in [7, 11) is 0. The minimum atomic E-state index is -0.347. The molecule has 0 spiro atoms. The third kappa shape index (κ3) is 6.25. The largest absolute Gasteiger partial charge is 0.455 e. The van der Waals surface area contributed by atoms with Gasteiger partial charge in [-0.25, -0.2) is 0 Å². The van der Waals surface area contributed by atoms with Gasteiger partial charge in [0.05, 0.1) is 43.3 Å². The minimum Gasteiger partial charge on any atom is -0.455 e. The monoisotopic (exact) mass is 925 g/mol. The molecule has 15 rings (SSSR count). The Bertz CT molecular complexity index is 4390. The maximum atomic E-state index is 11.6. The zero-order valence-electron chi connectivity index (χ0n) is 37.1. The van der Waals surface area contributed by atoms with Gasteiger partial charge >= 0.3 is 0 Å². The summed E-state index contributed by atoms with van der Waals surface area (Å²) < 4.78 is 17.9. The molecular weight excluding hydrogens is 882 g/mol. The van der Waals surface area contributed by atoms with Crippen LogP contribution < -0.4 is 0 Å². The van der Waals surface area contributed by atoms with Gasteiger partial charge in [0.1, 0.15) is 22.3 Å². The van der Waals surface area contributed by atoms with Crippen LogP contribution in [0.15, 0.2) is 221 Å². The number of fused-ring (bicyclic) bond motifs is 18. The van der Waals surface area contributed by atoms with Crippen molar-refractivity contribution in [1.82, 2.24) is 9.13 Å². The van der Waals surface area contributed by atoms with Crippen molar-refractivity contribution in [3.8, 4) is 33.6 Å². The zero-order valence-corrected chi connectivity index (χ0v) is 38.5. The molecule has 70 heavy (non-hydrogen) atoms. The fourth-order valence-corrected chi connectivity index (χ4v) is 11.0. The average Bonchev–Trinajstić information content (AvgIpc) is 4.21. The molecule has 1 atom stereocenters. The predicted octanol–water partition coefficient (Wildman–Crippen LogP) is 17.2. The fourth-order valence-electron chi connectivity index (χ4n) is 11.0. The fraction of sp³-hybridized carbons (Fsp3) is 0.0323. The molecule has 336 valence electrons. The average molecular weight is 926 g/mol. The number of rotatable bonds is 4. The Labute approximate surface area is 405 Å². The van der Waals surface area contributed by atoms with Crippen molar-refractivity contribution in [2.24, 2.45) is 0 Å². The highest BCUT2D eigenvalue weighted by Crippen LogP contribution is 2.47. The van der Waals surface area contributed by atoms with Crippen molar-refractivity contribution in [2.45, 2.75) is 13.8 Å². The number of hydrogen-bond acceptors (Lipinski definition) is 4. The minimum absolute atomic E-state index is 0. The van der Waals surface area contributed by atoms with Gasteiger partial charge < -0.3 is 18.0 Å². The van der Waals surface area contributed by atoms with Crippen molar-refractivity contribution >= 4 is 103 Å². The molecule has 0 radical (unpaired) electrons. The summed E-state index contributed by atoms with van der Waals surface area (Å²) >= 11 is 0. The van der Waals surface area contributed by atoms with Crippen LogP contribution in [0, 0.1) is 10.1 Å². The van der Waals surface area contributed by atoms with Gasteiger partial charge in [-0.1, -0.05) is 129 Å². The summed E-state index contributed by atoms with van der Waals surface area (Å²) in [4.78, 5) is 11.2. The van der Waals surface area contributed by atoms with E-state index in [9.17, 15) is 10.1 Å². The topological polar surface area (TPSA) is 79.3 Å². The smallest absolute Gasteiger partial charge is 0.277 e. The lowest BCUT2D eigenvalue weighted by Crippen LogP contribution is -1.92. The molecule has 0 N–H and O–H groups in total. The molecule has 0 saturated heterocycles. The van der Waals surface area contributed by atoms with Crippen LogP contribution in [0.1, 0.15) is 18.6 Å². The third-order valence-electron chi connectivity index (χ3n) is 13.9. The highest BCUT2D eigenvalue weighted by Gasteiger charge is 2.26. The van der Waals surface area contributed by atoms with Crippen LogP contribution in [0.5, 0.6) is 0 Å². The Hall–Kier alpha value is -8.77. The molecule has 14 aromatic rings. The molecule has 10 aromatic carbocycles. The van der Waals surface area contributed by atoms with E-state index >= 15 is 0 Å². The molecule has 0 saturated carbocycles. The van der Waals surface area contributed by atoms with Gasteiger partial charge in [0, 0.05) is 61.7 Å². The number of furan rings is 2. The Balaban J connectivity index is 0.000000140. The summed E-state index contributed by atoms with van der Waals surface area (Å²) in [6.45, 7) is 0. The molecule has 8 heteroatoms. The van der Waals surface area contributed by atoms with Gasteiger partial charge in [0.15, 0.2) is 0 Å². The number of para-hydroxylation sites is 5. The second-order valence-corrected chi connectivity index (χ2v) is 17.5. The van der Waals surface area contributed by atoms with E-state index in [-0.39, 0.29) is 27.9 Å². The first kappa shape index (κ1) is 42.6. The number of aromatic nitrogens is 2. The summed E-state index contributed by atoms with van der Waals surface area (Å²) in [6.07, 6.45) is 0.928. The van der Waals surface area contributed by atoms with E-state index in [1.165, 1.54) is 60.9 Å².